The molecule has 0 unspecified atom stereocenters. The van der Waals surface area contributed by atoms with Crippen LogP contribution in [-0.2, 0) is 11.4 Å². The molecule has 5 heteroatoms. The van der Waals surface area contributed by atoms with Crippen molar-refractivity contribution in [3.8, 4) is 0 Å². The predicted octanol–water partition coefficient (Wildman–Crippen LogP) is -1.24. The average molecular weight is 221 g/mol. The molecule has 5 heavy (non-hydrogen) atoms. The van der Waals surface area contributed by atoms with Crippen molar-refractivity contribution in [3.05, 3.63) is 0 Å². The van der Waals surface area contributed by atoms with Gasteiger partial charge in [0.15, 0.2) is 0 Å². The van der Waals surface area contributed by atoms with Crippen molar-refractivity contribution in [1.29, 1.82) is 0 Å². The quantitative estimate of drug-likeness (QED) is 0.398. The van der Waals surface area contributed by atoms with Gasteiger partial charge in [-0.05, 0) is 0 Å². The van der Waals surface area contributed by atoms with E-state index < -0.39 is 11.4 Å². The van der Waals surface area contributed by atoms with Crippen LogP contribution in [0, 0.1) is 0 Å². The van der Waals surface area contributed by atoms with Crippen LogP contribution in [0.15, 0.2) is 0 Å². The van der Waals surface area contributed by atoms with Crippen LogP contribution in [0.1, 0.15) is 0 Å². The molecule has 0 fully saturated rings. The Kier molecular flexibility index (Phi) is 11.1. The van der Waals surface area contributed by atoms with E-state index in [9.17, 15) is 0 Å². The molecule has 0 aliphatic heterocycles. The molecule has 30 valence electrons. The summed E-state index contributed by atoms with van der Waals surface area (Å²) in [5, 5.41) is 0. The zero-order valence-electron chi connectivity index (χ0n) is 1.71. The zero-order valence-corrected chi connectivity index (χ0v) is 2.53. The first kappa shape index (κ1) is 9.81. The summed E-state index contributed by atoms with van der Waals surface area (Å²) in [6.45, 7) is 0. The second kappa shape index (κ2) is 5.64. The summed E-state index contributed by atoms with van der Waals surface area (Å²) in [5.74, 6) is 0. The van der Waals surface area contributed by atoms with Crippen molar-refractivity contribution in [3.63, 3.8) is 0 Å². The van der Waals surface area contributed by atoms with Crippen LogP contribution in [0.5, 0.6) is 0 Å². The molecule has 0 amide bonds. The summed E-state index contributed by atoms with van der Waals surface area (Å²) >= 11 is -2.61. The van der Waals surface area contributed by atoms with Gasteiger partial charge in [0.2, 0.25) is 0 Å². The Morgan fingerprint density at radius 3 is 1.40 bits per heavy atom. The molecule has 0 heterocycles. The predicted molar refractivity (Wildman–Crippen MR) is 21.9 cm³/mol. The molecule has 0 aromatic heterocycles. The third-order valence-electron chi connectivity index (χ3n) is 0. The van der Waals surface area contributed by atoms with E-state index in [-0.39, 0.29) is 48.9 Å². The summed E-state index contributed by atoms with van der Waals surface area (Å²) in [4.78, 5) is 0. The normalized spacial score (nSPS) is 7.00. The zero-order chi connectivity index (χ0) is 3.58. The third kappa shape index (κ3) is 27.8. The topological polar surface area (TPSA) is 57.5 Å². The van der Waals surface area contributed by atoms with Gasteiger partial charge in [-0.1, -0.05) is 0 Å². The second-order valence-electron chi connectivity index (χ2n) is 0.231. The summed E-state index contributed by atoms with van der Waals surface area (Å²) in [6, 6.07) is 0. The Balaban J connectivity index is 0. The number of hydrogen-bond donors (Lipinski definition) is 2. The molecule has 0 saturated heterocycles. The first-order valence-corrected chi connectivity index (χ1v) is 1.60. The molecule has 0 spiro atoms. The Morgan fingerprint density at radius 1 is 1.40 bits per heavy atom. The van der Waals surface area contributed by atoms with Gasteiger partial charge in [-0.3, -0.25) is 9.11 Å². The fraction of sp³-hybridized carbons (Fsp3) is 0. The van der Waals surface area contributed by atoms with E-state index in [1.807, 2.05) is 0 Å². The van der Waals surface area contributed by atoms with Gasteiger partial charge in [0.05, 0.1) is 0 Å². The van der Waals surface area contributed by atoms with Gasteiger partial charge in [0.1, 0.15) is 0 Å². The summed E-state index contributed by atoms with van der Waals surface area (Å²) in [5.41, 5.74) is 0. The molecule has 0 radical (unpaired) electrons. The van der Waals surface area contributed by atoms with Crippen LogP contribution in [0.4, 0.5) is 0 Å². The van der Waals surface area contributed by atoms with E-state index in [1.54, 1.807) is 0 Å². The molecular weight excluding hydrogens is 217 g/mol. The van der Waals surface area contributed by atoms with Crippen LogP contribution >= 0.6 is 0 Å². The van der Waals surface area contributed by atoms with E-state index >= 15 is 0 Å². The molecule has 0 aromatic rings. The first-order chi connectivity index (χ1) is 1.73. The Morgan fingerprint density at radius 2 is 1.40 bits per heavy atom. The minimum atomic E-state index is -2.61. The maximum atomic E-state index is 8.67. The van der Waals surface area contributed by atoms with Gasteiger partial charge >= 0.3 is 48.9 Å². The molecule has 0 aromatic carbocycles. The van der Waals surface area contributed by atoms with Crippen LogP contribution in [0.25, 0.3) is 0 Å². The molecule has 0 aliphatic rings. The fourth-order valence-electron chi connectivity index (χ4n) is 0. The van der Waals surface area contributed by atoms with Crippen molar-refractivity contribution >= 4 is 60.2 Å². The Bertz CT molecular complexity index is 29.9. The van der Waals surface area contributed by atoms with Crippen LogP contribution in [0.2, 0.25) is 0 Å². The summed E-state index contributed by atoms with van der Waals surface area (Å²) in [6.07, 6.45) is 0. The van der Waals surface area contributed by atoms with Crippen LogP contribution < -0.4 is 0 Å². The van der Waals surface area contributed by atoms with E-state index in [0.717, 1.165) is 0 Å². The van der Waals surface area contributed by atoms with E-state index in [4.69, 9.17) is 13.3 Å². The number of hydrogen-bond acceptors (Lipinski definition) is 1. The second-order valence-corrected chi connectivity index (χ2v) is 0.692. The minimum absolute atomic E-state index is 0. The van der Waals surface area contributed by atoms with Gasteiger partial charge < -0.3 is 0 Å². The van der Waals surface area contributed by atoms with Crippen molar-refractivity contribution in [1.82, 2.24) is 0 Å². The van der Waals surface area contributed by atoms with Crippen molar-refractivity contribution in [2.75, 3.05) is 0 Å². The van der Waals surface area contributed by atoms with Gasteiger partial charge in [-0.25, -0.2) is 0 Å². The van der Waals surface area contributed by atoms with E-state index in [1.165, 1.54) is 0 Å². The monoisotopic (exact) mass is 222 g/mol. The van der Waals surface area contributed by atoms with Gasteiger partial charge in [0, 0.05) is 0 Å². The Labute approximate surface area is 72.3 Å². The first-order valence-electron chi connectivity index (χ1n) is 0.532. The molecule has 0 bridgehead atoms. The summed E-state index contributed by atoms with van der Waals surface area (Å²) < 4.78 is 22.8. The SMILES string of the molecule is O=S(O)O.[BaH2]. The third-order valence-corrected chi connectivity index (χ3v) is 0. The summed E-state index contributed by atoms with van der Waals surface area (Å²) in [7, 11) is 0. The standard InChI is InChI=1S/Ba.H2O3S.2H/c;1-4(2)3;;/h;(H2,1,2,3);;. The molecule has 3 nitrogen and oxygen atoms in total. The van der Waals surface area contributed by atoms with Crippen molar-refractivity contribution < 1.29 is 13.3 Å². The van der Waals surface area contributed by atoms with Crippen molar-refractivity contribution in [2.24, 2.45) is 0 Å². The van der Waals surface area contributed by atoms with Crippen LogP contribution in [0.3, 0.4) is 0 Å². The molecule has 0 rings (SSSR count). The van der Waals surface area contributed by atoms with Gasteiger partial charge in [-0.2, -0.15) is 4.21 Å². The van der Waals surface area contributed by atoms with Gasteiger partial charge in [0.25, 0.3) is 11.4 Å². The van der Waals surface area contributed by atoms with Crippen molar-refractivity contribution in [2.45, 2.75) is 0 Å². The van der Waals surface area contributed by atoms with Gasteiger partial charge in [-0.15, -0.1) is 0 Å². The Hall–Kier alpha value is 1.64. The fourth-order valence-corrected chi connectivity index (χ4v) is 0. The molecule has 0 atom stereocenters. The molecule has 0 saturated carbocycles. The number of rotatable bonds is 0. The van der Waals surface area contributed by atoms with Crippen LogP contribution in [-0.4, -0.2) is 62.2 Å². The van der Waals surface area contributed by atoms with E-state index in [0.29, 0.717) is 0 Å². The molecule has 2 N–H and O–H groups in total. The maximum absolute atomic E-state index is 8.67. The average Bonchev–Trinajstić information content (AvgIpc) is 0.811. The molecule has 0 aliphatic carbocycles. The van der Waals surface area contributed by atoms with E-state index in [2.05, 4.69) is 0 Å². The molecular formula is H4BaO3S.